The number of rotatable bonds is 7. The highest BCUT2D eigenvalue weighted by Gasteiger charge is 2.69. The lowest BCUT2D eigenvalue weighted by Crippen LogP contribution is -2.68. The summed E-state index contributed by atoms with van der Waals surface area (Å²) in [5, 5.41) is 15.8. The number of alkyl halides is 2. The minimum Gasteiger partial charge on any atom is -0.482 e. The predicted octanol–water partition coefficient (Wildman–Crippen LogP) is 5.13. The van der Waals surface area contributed by atoms with Gasteiger partial charge in [0.2, 0.25) is 0 Å². The maximum Gasteiger partial charge on any atom is 0.353 e. The van der Waals surface area contributed by atoms with E-state index in [1.165, 1.54) is 0 Å². The monoisotopic (exact) mass is 492 g/mol. The summed E-state index contributed by atoms with van der Waals surface area (Å²) in [6.07, 6.45) is 1.56. The van der Waals surface area contributed by atoms with E-state index in [1.807, 2.05) is 16.9 Å². The number of carbonyl (C=O) groups excluding carboxylic acids is 1. The summed E-state index contributed by atoms with van der Waals surface area (Å²) in [6, 6.07) is 7.06. The number of Topliss-reactive ketones (excluding diaryl/α,β-unsaturated/α-hetero) is 1. The maximum absolute atomic E-state index is 13.0. The molecule has 2 heterocycles. The number of aromatic nitrogens is 2. The molecule has 1 aliphatic heterocycles. The summed E-state index contributed by atoms with van der Waals surface area (Å²) in [6.45, 7) is 0.774. The lowest BCUT2D eigenvalue weighted by Gasteiger charge is -2.70. The molecule has 9 heteroatoms. The third-order valence-electron chi connectivity index (χ3n) is 8.04. The second-order valence-electron chi connectivity index (χ2n) is 10.8. The molecule has 182 valence electrons. The van der Waals surface area contributed by atoms with Crippen molar-refractivity contribution >= 4 is 17.4 Å². The number of hydrogen-bond donors (Lipinski definition) is 1. The van der Waals surface area contributed by atoms with Gasteiger partial charge in [-0.2, -0.15) is 13.9 Å². The topological polar surface area (TPSA) is 73.6 Å². The Kier molecular flexibility index (Phi) is 4.94. The van der Waals surface area contributed by atoms with Gasteiger partial charge in [0.05, 0.1) is 23.4 Å². The minimum absolute atomic E-state index is 0.0140. The van der Waals surface area contributed by atoms with Crippen molar-refractivity contribution in [3.05, 3.63) is 46.7 Å². The van der Waals surface area contributed by atoms with Crippen molar-refractivity contribution in [3.8, 4) is 5.75 Å². The highest BCUT2D eigenvalue weighted by Crippen LogP contribution is 2.73. The number of nitrogens with zero attached hydrogens (tertiary/aromatic N) is 2. The Morgan fingerprint density at radius 3 is 2.74 bits per heavy atom. The van der Waals surface area contributed by atoms with Gasteiger partial charge in [0.25, 0.3) is 0 Å². The van der Waals surface area contributed by atoms with E-state index >= 15 is 0 Å². The number of hydrogen-bond acceptors (Lipinski definition) is 5. The zero-order valence-electron chi connectivity index (χ0n) is 18.8. The molecular formula is C25H27ClF2N2O4. The van der Waals surface area contributed by atoms with Crippen LogP contribution in [0.3, 0.4) is 0 Å². The van der Waals surface area contributed by atoms with Gasteiger partial charge in [0.15, 0.2) is 11.9 Å². The molecule has 1 N–H and O–H groups in total. The molecule has 0 radical (unpaired) electrons. The molecule has 1 aromatic carbocycles. The highest BCUT2D eigenvalue weighted by atomic mass is 35.5. The van der Waals surface area contributed by atoms with Crippen molar-refractivity contribution < 1.29 is 28.2 Å². The van der Waals surface area contributed by atoms with Gasteiger partial charge in [-0.25, -0.2) is 0 Å². The molecule has 0 spiro atoms. The fourth-order valence-electron chi connectivity index (χ4n) is 6.48. The molecular weight excluding hydrogens is 466 g/mol. The normalized spacial score (nSPS) is 35.9. The standard InChI is InChI=1S/C25H27ClF2N2O4/c1-23(27,28)34-16-6-14(7-16)18-4-5-30(29-18)25-11-24(12-25,13-25)10-20(32)22-9-19(31)17-8-15(26)2-3-21(17)33-22/h2-5,8,14,16,19,22,31H,6-7,9-13H2,1H3/t14?,16?,19-,22-,24?,25?/m1/s1. The molecule has 34 heavy (non-hydrogen) atoms. The van der Waals surface area contributed by atoms with Crippen molar-refractivity contribution in [2.24, 2.45) is 5.41 Å². The fraction of sp³-hybridized carbons (Fsp3) is 0.600. The SMILES string of the molecule is CC(F)(F)OC1CC(c2ccn(C34CC(CC(=O)[C@H]5C[C@@H](O)c6cc(Cl)ccc6O5)(C3)C4)n2)C1. The number of fused-ring (bicyclic) bond motifs is 1. The molecule has 0 amide bonds. The largest absolute Gasteiger partial charge is 0.482 e. The van der Waals surface area contributed by atoms with Gasteiger partial charge >= 0.3 is 6.11 Å². The number of ether oxygens (including phenoxy) is 2. The first-order valence-corrected chi connectivity index (χ1v) is 12.2. The smallest absolute Gasteiger partial charge is 0.353 e. The van der Waals surface area contributed by atoms with E-state index in [9.17, 15) is 18.7 Å². The van der Waals surface area contributed by atoms with Gasteiger partial charge in [-0.05, 0) is 61.8 Å². The summed E-state index contributed by atoms with van der Waals surface area (Å²) in [5.41, 5.74) is 1.51. The fourth-order valence-corrected chi connectivity index (χ4v) is 6.66. The minimum atomic E-state index is -3.09. The molecule has 0 saturated heterocycles. The first-order valence-electron chi connectivity index (χ1n) is 11.8. The molecule has 1 aromatic heterocycles. The van der Waals surface area contributed by atoms with Crippen LogP contribution in [0.2, 0.25) is 5.02 Å². The summed E-state index contributed by atoms with van der Waals surface area (Å²) in [4.78, 5) is 13.0. The van der Waals surface area contributed by atoms with Crippen molar-refractivity contribution in [1.82, 2.24) is 9.78 Å². The molecule has 2 atom stereocenters. The zero-order valence-corrected chi connectivity index (χ0v) is 19.6. The van der Waals surface area contributed by atoms with Crippen LogP contribution in [0.25, 0.3) is 0 Å². The molecule has 4 saturated carbocycles. The lowest BCUT2D eigenvalue weighted by molar-refractivity contribution is -0.264. The van der Waals surface area contributed by atoms with Gasteiger partial charge in [0, 0.05) is 42.5 Å². The maximum atomic E-state index is 13.0. The summed E-state index contributed by atoms with van der Waals surface area (Å²) in [7, 11) is 0. The van der Waals surface area contributed by atoms with E-state index in [-0.39, 0.29) is 29.1 Å². The van der Waals surface area contributed by atoms with E-state index < -0.39 is 24.4 Å². The summed E-state index contributed by atoms with van der Waals surface area (Å²) < 4.78 is 38.6. The number of halogens is 3. The molecule has 4 fully saturated rings. The Labute approximate surface area is 201 Å². The van der Waals surface area contributed by atoms with Crippen molar-refractivity contribution in [2.45, 2.75) is 87.7 Å². The van der Waals surface area contributed by atoms with Crippen LogP contribution in [0.5, 0.6) is 5.75 Å². The Hall–Kier alpha value is -2.03. The predicted molar refractivity (Wildman–Crippen MR) is 119 cm³/mol. The quantitative estimate of drug-likeness (QED) is 0.579. The van der Waals surface area contributed by atoms with Crippen LogP contribution in [0.4, 0.5) is 8.78 Å². The Balaban J connectivity index is 1.03. The Morgan fingerprint density at radius 1 is 1.29 bits per heavy atom. The molecule has 2 aromatic rings. The number of benzene rings is 1. The average Bonchev–Trinajstić information content (AvgIpc) is 3.14. The van der Waals surface area contributed by atoms with Crippen molar-refractivity contribution in [3.63, 3.8) is 0 Å². The van der Waals surface area contributed by atoms with Gasteiger partial charge in [0.1, 0.15) is 5.75 Å². The molecule has 6 nitrogen and oxygen atoms in total. The Morgan fingerprint density at radius 2 is 2.03 bits per heavy atom. The second-order valence-corrected chi connectivity index (χ2v) is 11.3. The van der Waals surface area contributed by atoms with E-state index in [1.54, 1.807) is 18.2 Å². The number of aliphatic hydroxyl groups excluding tert-OH is 1. The second kappa shape index (κ2) is 7.48. The third kappa shape index (κ3) is 3.74. The van der Waals surface area contributed by atoms with Crippen LogP contribution in [-0.4, -0.2) is 39.0 Å². The molecule has 4 aliphatic carbocycles. The summed E-state index contributed by atoms with van der Waals surface area (Å²) >= 11 is 6.01. The van der Waals surface area contributed by atoms with Gasteiger partial charge < -0.3 is 14.6 Å². The van der Waals surface area contributed by atoms with Crippen molar-refractivity contribution in [1.29, 1.82) is 0 Å². The molecule has 2 bridgehead atoms. The lowest BCUT2D eigenvalue weighted by atomic mass is 9.38. The van der Waals surface area contributed by atoms with Crippen LogP contribution < -0.4 is 4.74 Å². The number of aliphatic hydroxyl groups is 1. The molecule has 0 unspecified atom stereocenters. The number of carbonyl (C=O) groups is 1. The van der Waals surface area contributed by atoms with Crippen LogP contribution in [0.15, 0.2) is 30.5 Å². The van der Waals surface area contributed by atoms with E-state index in [0.29, 0.717) is 35.6 Å². The van der Waals surface area contributed by atoms with E-state index in [4.69, 9.17) is 26.2 Å². The average molecular weight is 493 g/mol. The Bertz CT molecular complexity index is 1120. The molecule has 5 aliphatic rings. The van der Waals surface area contributed by atoms with Gasteiger partial charge in [-0.3, -0.25) is 9.48 Å². The van der Waals surface area contributed by atoms with Gasteiger partial charge in [-0.1, -0.05) is 11.6 Å². The van der Waals surface area contributed by atoms with Crippen molar-refractivity contribution in [2.75, 3.05) is 0 Å². The highest BCUT2D eigenvalue weighted by molar-refractivity contribution is 6.30. The van der Waals surface area contributed by atoms with E-state index in [2.05, 4.69) is 0 Å². The van der Waals surface area contributed by atoms with Gasteiger partial charge in [-0.15, -0.1) is 0 Å². The third-order valence-corrected chi connectivity index (χ3v) is 8.28. The van der Waals surface area contributed by atoms with E-state index in [0.717, 1.165) is 31.9 Å². The first kappa shape index (κ1) is 22.4. The van der Waals surface area contributed by atoms with Crippen LogP contribution in [-0.2, 0) is 15.1 Å². The molecule has 7 rings (SSSR count). The van der Waals surface area contributed by atoms with Crippen LogP contribution in [0.1, 0.15) is 75.1 Å². The first-order chi connectivity index (χ1) is 16.0. The van der Waals surface area contributed by atoms with Crippen LogP contribution in [0, 0.1) is 5.41 Å². The van der Waals surface area contributed by atoms with Crippen LogP contribution >= 0.6 is 11.6 Å². The number of ketones is 1. The zero-order chi connectivity index (χ0) is 23.9. The summed E-state index contributed by atoms with van der Waals surface area (Å²) in [5.74, 6) is 0.706.